The van der Waals surface area contributed by atoms with Crippen LogP contribution in [0.4, 0.5) is 0 Å². The molecule has 0 radical (unpaired) electrons. The van der Waals surface area contributed by atoms with Crippen molar-refractivity contribution in [3.8, 4) is 34.1 Å². The number of phenolic OH excluding ortho intramolecular Hbond substituents is 2. The average molecular weight is 476 g/mol. The number of ether oxygens (including phenoxy) is 2. The van der Waals surface area contributed by atoms with Crippen LogP contribution in [0.15, 0.2) is 76.1 Å². The van der Waals surface area contributed by atoms with Gasteiger partial charge in [-0.3, -0.25) is 9.69 Å². The SMILES string of the molecule is CCN(CCCOc1cc(O)c2c(=O)c(-c3ccc(O)cc3)coc2c1)Cc1ccccc1OC. The largest absolute Gasteiger partial charge is 0.508 e. The average Bonchev–Trinajstić information content (AvgIpc) is 2.86. The van der Waals surface area contributed by atoms with Gasteiger partial charge in [0.25, 0.3) is 0 Å². The first kappa shape index (κ1) is 24.2. The van der Waals surface area contributed by atoms with Crippen molar-refractivity contribution < 1.29 is 24.1 Å². The quantitative estimate of drug-likeness (QED) is 0.306. The number of rotatable bonds is 10. The molecule has 0 aliphatic carbocycles. The van der Waals surface area contributed by atoms with Gasteiger partial charge in [-0.05, 0) is 36.7 Å². The van der Waals surface area contributed by atoms with Crippen LogP contribution in [0.5, 0.6) is 23.0 Å². The van der Waals surface area contributed by atoms with E-state index in [0.29, 0.717) is 23.5 Å². The lowest BCUT2D eigenvalue weighted by molar-refractivity contribution is 0.233. The number of hydrogen-bond donors (Lipinski definition) is 2. The molecule has 182 valence electrons. The van der Waals surface area contributed by atoms with Gasteiger partial charge in [0.05, 0.1) is 19.3 Å². The first-order chi connectivity index (χ1) is 17.0. The molecule has 7 nitrogen and oxygen atoms in total. The molecule has 0 saturated heterocycles. The van der Waals surface area contributed by atoms with Gasteiger partial charge < -0.3 is 24.1 Å². The van der Waals surface area contributed by atoms with Crippen molar-refractivity contribution in [2.45, 2.75) is 19.9 Å². The molecule has 1 heterocycles. The van der Waals surface area contributed by atoms with Crippen LogP contribution >= 0.6 is 0 Å². The van der Waals surface area contributed by atoms with Crippen LogP contribution in [0.3, 0.4) is 0 Å². The smallest absolute Gasteiger partial charge is 0.204 e. The zero-order valence-electron chi connectivity index (χ0n) is 19.9. The third-order valence-electron chi connectivity index (χ3n) is 5.93. The Morgan fingerprint density at radius 3 is 2.54 bits per heavy atom. The molecular weight excluding hydrogens is 446 g/mol. The van der Waals surface area contributed by atoms with Gasteiger partial charge in [-0.1, -0.05) is 37.3 Å². The number of fused-ring (bicyclic) bond motifs is 1. The maximum absolute atomic E-state index is 13.0. The minimum Gasteiger partial charge on any atom is -0.508 e. The first-order valence-electron chi connectivity index (χ1n) is 11.5. The van der Waals surface area contributed by atoms with Crippen molar-refractivity contribution >= 4 is 11.0 Å². The molecule has 7 heteroatoms. The second kappa shape index (κ2) is 11.0. The summed E-state index contributed by atoms with van der Waals surface area (Å²) in [5.41, 5.74) is 1.93. The summed E-state index contributed by atoms with van der Waals surface area (Å²) < 4.78 is 17.0. The molecule has 0 atom stereocenters. The molecule has 0 aliphatic heterocycles. The zero-order valence-corrected chi connectivity index (χ0v) is 19.9. The predicted molar refractivity (Wildman–Crippen MR) is 135 cm³/mol. The number of nitrogens with zero attached hydrogens (tertiary/aromatic N) is 1. The maximum atomic E-state index is 13.0. The molecule has 0 amide bonds. The summed E-state index contributed by atoms with van der Waals surface area (Å²) in [6.07, 6.45) is 2.14. The molecule has 2 N–H and O–H groups in total. The fourth-order valence-electron chi connectivity index (χ4n) is 4.03. The topological polar surface area (TPSA) is 92.4 Å². The molecule has 0 unspecified atom stereocenters. The maximum Gasteiger partial charge on any atom is 0.204 e. The molecule has 4 rings (SSSR count). The van der Waals surface area contributed by atoms with E-state index in [4.69, 9.17) is 13.9 Å². The Hall–Kier alpha value is -3.97. The van der Waals surface area contributed by atoms with Crippen molar-refractivity contribution in [3.63, 3.8) is 0 Å². The summed E-state index contributed by atoms with van der Waals surface area (Å²) in [6, 6.07) is 17.3. The Balaban J connectivity index is 1.41. The van der Waals surface area contributed by atoms with E-state index < -0.39 is 0 Å². The molecule has 35 heavy (non-hydrogen) atoms. The van der Waals surface area contributed by atoms with Gasteiger partial charge in [0, 0.05) is 30.8 Å². The van der Waals surface area contributed by atoms with Crippen molar-refractivity contribution in [2.24, 2.45) is 0 Å². The van der Waals surface area contributed by atoms with Gasteiger partial charge in [0.1, 0.15) is 40.2 Å². The monoisotopic (exact) mass is 475 g/mol. The van der Waals surface area contributed by atoms with Gasteiger partial charge in [0.2, 0.25) is 5.43 Å². The lowest BCUT2D eigenvalue weighted by Crippen LogP contribution is -2.25. The van der Waals surface area contributed by atoms with E-state index >= 15 is 0 Å². The number of benzene rings is 3. The van der Waals surface area contributed by atoms with Crippen LogP contribution in [0.2, 0.25) is 0 Å². The van der Waals surface area contributed by atoms with Crippen molar-refractivity contribution in [2.75, 3.05) is 26.8 Å². The summed E-state index contributed by atoms with van der Waals surface area (Å²) >= 11 is 0. The van der Waals surface area contributed by atoms with E-state index in [9.17, 15) is 15.0 Å². The molecular formula is C28H29NO6. The molecule has 0 spiro atoms. The van der Waals surface area contributed by atoms with E-state index in [0.717, 1.165) is 37.4 Å². The summed E-state index contributed by atoms with van der Waals surface area (Å²) in [5, 5.41) is 20.1. The third kappa shape index (κ3) is 5.58. The number of aromatic hydroxyl groups is 2. The second-order valence-corrected chi connectivity index (χ2v) is 8.22. The molecule has 4 aromatic rings. The Morgan fingerprint density at radius 2 is 1.80 bits per heavy atom. The normalized spacial score (nSPS) is 11.2. The number of hydrogen-bond acceptors (Lipinski definition) is 7. The van der Waals surface area contributed by atoms with E-state index in [1.54, 1.807) is 25.3 Å². The summed E-state index contributed by atoms with van der Waals surface area (Å²) in [6.45, 7) is 5.07. The minimum absolute atomic E-state index is 0.0943. The van der Waals surface area contributed by atoms with E-state index in [1.807, 2.05) is 18.2 Å². The highest BCUT2D eigenvalue weighted by Gasteiger charge is 2.15. The van der Waals surface area contributed by atoms with Crippen molar-refractivity contribution in [1.29, 1.82) is 0 Å². The Kier molecular flexibility index (Phi) is 7.57. The summed E-state index contributed by atoms with van der Waals surface area (Å²) in [5.74, 6) is 1.22. The second-order valence-electron chi connectivity index (χ2n) is 8.22. The van der Waals surface area contributed by atoms with Crippen molar-refractivity contribution in [1.82, 2.24) is 4.90 Å². The lowest BCUT2D eigenvalue weighted by atomic mass is 10.0. The van der Waals surface area contributed by atoms with E-state index in [1.165, 1.54) is 24.5 Å². The van der Waals surface area contributed by atoms with Gasteiger partial charge in [-0.25, -0.2) is 0 Å². The van der Waals surface area contributed by atoms with Gasteiger partial charge in [-0.2, -0.15) is 0 Å². The highest BCUT2D eigenvalue weighted by atomic mass is 16.5. The minimum atomic E-state index is -0.351. The van der Waals surface area contributed by atoms with Gasteiger partial charge in [0.15, 0.2) is 0 Å². The van der Waals surface area contributed by atoms with E-state index in [2.05, 4.69) is 17.9 Å². The Morgan fingerprint density at radius 1 is 1.03 bits per heavy atom. The number of phenols is 2. The number of methoxy groups -OCH3 is 1. The van der Waals surface area contributed by atoms with Crippen LogP contribution in [0.25, 0.3) is 22.1 Å². The van der Waals surface area contributed by atoms with Gasteiger partial charge in [-0.15, -0.1) is 0 Å². The molecule has 0 bridgehead atoms. The van der Waals surface area contributed by atoms with Crippen LogP contribution in [0, 0.1) is 0 Å². The Bertz CT molecular complexity index is 1350. The summed E-state index contributed by atoms with van der Waals surface area (Å²) in [7, 11) is 1.68. The van der Waals surface area contributed by atoms with E-state index in [-0.39, 0.29) is 27.9 Å². The highest BCUT2D eigenvalue weighted by Crippen LogP contribution is 2.31. The zero-order chi connectivity index (χ0) is 24.8. The molecule has 0 saturated carbocycles. The number of para-hydroxylation sites is 1. The third-order valence-corrected chi connectivity index (χ3v) is 5.93. The fraction of sp³-hybridized carbons (Fsp3) is 0.250. The van der Waals surface area contributed by atoms with Crippen LogP contribution in [0.1, 0.15) is 18.9 Å². The van der Waals surface area contributed by atoms with Crippen LogP contribution in [-0.4, -0.2) is 41.9 Å². The van der Waals surface area contributed by atoms with Gasteiger partial charge >= 0.3 is 0 Å². The predicted octanol–water partition coefficient (Wildman–Crippen LogP) is 5.17. The van der Waals surface area contributed by atoms with Crippen LogP contribution in [-0.2, 0) is 6.54 Å². The molecule has 1 aromatic heterocycles. The summed E-state index contributed by atoms with van der Waals surface area (Å²) in [4.78, 5) is 15.3. The van der Waals surface area contributed by atoms with Crippen LogP contribution < -0.4 is 14.9 Å². The first-order valence-corrected chi connectivity index (χ1v) is 11.5. The fourth-order valence-corrected chi connectivity index (χ4v) is 4.03. The standard InChI is InChI=1S/C28H29NO6/c1-3-29(17-20-7-4-5-8-25(20)33-2)13-6-14-34-22-15-24(31)27-26(16-22)35-18-23(28(27)32)19-9-11-21(30)12-10-19/h4-5,7-12,15-16,18,30-31H,3,6,13-14,17H2,1-2H3. The molecule has 3 aromatic carbocycles. The molecule has 0 aliphatic rings. The van der Waals surface area contributed by atoms with Crippen molar-refractivity contribution in [3.05, 3.63) is 82.7 Å². The highest BCUT2D eigenvalue weighted by molar-refractivity contribution is 5.88. The Labute approximate surface area is 203 Å². The molecule has 0 fully saturated rings. The lowest BCUT2D eigenvalue weighted by Gasteiger charge is -2.21.